The lowest BCUT2D eigenvalue weighted by atomic mass is 9.93. The van der Waals surface area contributed by atoms with Crippen molar-refractivity contribution >= 4 is 17.5 Å². The molecule has 2 aliphatic rings. The third kappa shape index (κ3) is 3.59. The van der Waals surface area contributed by atoms with Gasteiger partial charge in [-0.1, -0.05) is 18.2 Å². The van der Waals surface area contributed by atoms with E-state index in [0.29, 0.717) is 18.7 Å². The van der Waals surface area contributed by atoms with Gasteiger partial charge in [0, 0.05) is 30.9 Å². The Morgan fingerprint density at radius 1 is 0.963 bits per heavy atom. The minimum atomic E-state index is -0.359. The van der Waals surface area contributed by atoms with E-state index in [-0.39, 0.29) is 23.5 Å². The second-order valence-electron chi connectivity index (χ2n) is 7.32. The third-order valence-corrected chi connectivity index (χ3v) is 5.53. The van der Waals surface area contributed by atoms with Crippen LogP contribution in [0.2, 0.25) is 0 Å². The highest BCUT2D eigenvalue weighted by Crippen LogP contribution is 2.30. The first kappa shape index (κ1) is 17.7. The van der Waals surface area contributed by atoms with Crippen LogP contribution in [0, 0.1) is 11.7 Å². The number of amides is 2. The Morgan fingerprint density at radius 2 is 1.74 bits per heavy atom. The van der Waals surface area contributed by atoms with Gasteiger partial charge in [-0.25, -0.2) is 4.39 Å². The second-order valence-corrected chi connectivity index (χ2v) is 7.32. The average Bonchev–Trinajstić information content (AvgIpc) is 2.73. The summed E-state index contributed by atoms with van der Waals surface area (Å²) in [6.07, 6.45) is 3.57. The van der Waals surface area contributed by atoms with Crippen LogP contribution in [0.3, 0.4) is 0 Å². The van der Waals surface area contributed by atoms with Gasteiger partial charge in [-0.05, 0) is 61.6 Å². The fourth-order valence-electron chi connectivity index (χ4n) is 4.12. The normalized spacial score (nSPS) is 19.5. The Hall–Kier alpha value is -2.69. The Balaban J connectivity index is 1.49. The number of carbonyl (C=O) groups is 2. The molecule has 0 saturated carbocycles. The van der Waals surface area contributed by atoms with Gasteiger partial charge in [0.15, 0.2) is 0 Å². The van der Waals surface area contributed by atoms with E-state index in [9.17, 15) is 14.0 Å². The molecule has 2 aromatic rings. The molecular formula is C22H23FN2O2. The molecular weight excluding hydrogens is 343 g/mol. The molecule has 1 saturated heterocycles. The number of piperidine rings is 1. The number of fused-ring (bicyclic) bond motifs is 1. The summed E-state index contributed by atoms with van der Waals surface area (Å²) in [5.41, 5.74) is 2.69. The topological polar surface area (TPSA) is 40.6 Å². The van der Waals surface area contributed by atoms with Crippen molar-refractivity contribution in [3.8, 4) is 0 Å². The van der Waals surface area contributed by atoms with Crippen LogP contribution in [0.15, 0.2) is 48.5 Å². The number of hydrogen-bond donors (Lipinski definition) is 0. The van der Waals surface area contributed by atoms with Crippen molar-refractivity contribution in [2.75, 3.05) is 24.5 Å². The van der Waals surface area contributed by atoms with Crippen LogP contribution in [0.4, 0.5) is 10.1 Å². The quantitative estimate of drug-likeness (QED) is 0.814. The molecule has 2 aromatic carbocycles. The van der Waals surface area contributed by atoms with Crippen molar-refractivity contribution in [1.82, 2.24) is 4.90 Å². The number of aryl methyl sites for hydroxylation is 1. The van der Waals surface area contributed by atoms with E-state index in [1.54, 1.807) is 4.90 Å². The summed E-state index contributed by atoms with van der Waals surface area (Å²) in [6.45, 7) is 1.79. The third-order valence-electron chi connectivity index (χ3n) is 5.53. The average molecular weight is 366 g/mol. The SMILES string of the molecule is O=C(c1ccc(F)cc1)N1CCCC(C(=O)N2CCCc3ccccc32)C1. The van der Waals surface area contributed by atoms with Crippen molar-refractivity contribution in [2.45, 2.75) is 25.7 Å². The predicted molar refractivity (Wildman–Crippen MR) is 102 cm³/mol. The van der Waals surface area contributed by atoms with Crippen molar-refractivity contribution in [2.24, 2.45) is 5.92 Å². The van der Waals surface area contributed by atoms with Gasteiger partial charge in [0.25, 0.3) is 5.91 Å². The molecule has 1 atom stereocenters. The fraction of sp³-hybridized carbons (Fsp3) is 0.364. The number of para-hydroxylation sites is 1. The Labute approximate surface area is 158 Å². The van der Waals surface area contributed by atoms with Gasteiger partial charge in [-0.3, -0.25) is 9.59 Å². The van der Waals surface area contributed by atoms with Crippen LogP contribution in [0.5, 0.6) is 0 Å². The summed E-state index contributed by atoms with van der Waals surface area (Å²) in [7, 11) is 0. The van der Waals surface area contributed by atoms with Crippen LogP contribution in [-0.4, -0.2) is 36.3 Å². The van der Waals surface area contributed by atoms with E-state index in [1.165, 1.54) is 29.8 Å². The van der Waals surface area contributed by atoms with Gasteiger partial charge in [0.05, 0.1) is 5.92 Å². The molecule has 4 nitrogen and oxygen atoms in total. The first-order valence-electron chi connectivity index (χ1n) is 9.57. The maximum atomic E-state index is 13.2. The van der Waals surface area contributed by atoms with Crippen LogP contribution in [0.1, 0.15) is 35.2 Å². The maximum Gasteiger partial charge on any atom is 0.253 e. The molecule has 27 heavy (non-hydrogen) atoms. The lowest BCUT2D eigenvalue weighted by molar-refractivity contribution is -0.123. The van der Waals surface area contributed by atoms with Gasteiger partial charge >= 0.3 is 0 Å². The molecule has 140 valence electrons. The highest BCUT2D eigenvalue weighted by molar-refractivity contribution is 5.98. The monoisotopic (exact) mass is 366 g/mol. The highest BCUT2D eigenvalue weighted by Gasteiger charge is 2.33. The van der Waals surface area contributed by atoms with E-state index >= 15 is 0 Å². The van der Waals surface area contributed by atoms with E-state index in [4.69, 9.17) is 0 Å². The zero-order valence-electron chi connectivity index (χ0n) is 15.2. The molecule has 4 rings (SSSR count). The zero-order chi connectivity index (χ0) is 18.8. The van der Waals surface area contributed by atoms with Crippen LogP contribution >= 0.6 is 0 Å². The molecule has 0 radical (unpaired) electrons. The Kier molecular flexibility index (Phi) is 4.92. The molecule has 1 fully saturated rings. The van der Waals surface area contributed by atoms with Gasteiger partial charge in [-0.15, -0.1) is 0 Å². The number of hydrogen-bond acceptors (Lipinski definition) is 2. The number of rotatable bonds is 2. The lowest BCUT2D eigenvalue weighted by Gasteiger charge is -2.37. The smallest absolute Gasteiger partial charge is 0.253 e. The van der Waals surface area contributed by atoms with E-state index in [0.717, 1.165) is 37.9 Å². The Morgan fingerprint density at radius 3 is 2.56 bits per heavy atom. The first-order chi connectivity index (χ1) is 13.1. The zero-order valence-corrected chi connectivity index (χ0v) is 15.2. The standard InChI is InChI=1S/C22H23FN2O2/c23-19-11-9-17(10-12-19)21(26)24-13-3-7-18(15-24)22(27)25-14-4-6-16-5-1-2-8-20(16)25/h1-2,5,8-12,18H,3-4,6-7,13-15H2. The Bertz CT molecular complexity index is 850. The molecule has 2 amide bonds. The van der Waals surface area contributed by atoms with Gasteiger partial charge in [-0.2, -0.15) is 0 Å². The van der Waals surface area contributed by atoms with Crippen molar-refractivity contribution < 1.29 is 14.0 Å². The first-order valence-corrected chi connectivity index (χ1v) is 9.57. The number of halogens is 1. The van der Waals surface area contributed by atoms with E-state index in [2.05, 4.69) is 6.07 Å². The molecule has 2 heterocycles. The van der Waals surface area contributed by atoms with Crippen molar-refractivity contribution in [3.05, 3.63) is 65.5 Å². The molecule has 0 aliphatic carbocycles. The van der Waals surface area contributed by atoms with Gasteiger partial charge in [0.2, 0.25) is 5.91 Å². The van der Waals surface area contributed by atoms with E-state index < -0.39 is 0 Å². The summed E-state index contributed by atoms with van der Waals surface area (Å²) in [4.78, 5) is 29.6. The van der Waals surface area contributed by atoms with Gasteiger partial charge < -0.3 is 9.80 Å². The fourth-order valence-corrected chi connectivity index (χ4v) is 4.12. The molecule has 0 bridgehead atoms. The molecule has 0 spiro atoms. The second kappa shape index (κ2) is 7.51. The molecule has 2 aliphatic heterocycles. The molecule has 5 heteroatoms. The number of carbonyl (C=O) groups excluding carboxylic acids is 2. The van der Waals surface area contributed by atoms with Gasteiger partial charge in [0.1, 0.15) is 5.82 Å². The number of anilines is 1. The number of likely N-dealkylation sites (tertiary alicyclic amines) is 1. The van der Waals surface area contributed by atoms with E-state index in [1.807, 2.05) is 23.1 Å². The van der Waals surface area contributed by atoms with Crippen LogP contribution in [0.25, 0.3) is 0 Å². The van der Waals surface area contributed by atoms with Crippen molar-refractivity contribution in [3.63, 3.8) is 0 Å². The largest absolute Gasteiger partial charge is 0.338 e. The minimum Gasteiger partial charge on any atom is -0.338 e. The summed E-state index contributed by atoms with van der Waals surface area (Å²) in [6, 6.07) is 13.7. The molecule has 0 aromatic heterocycles. The summed E-state index contributed by atoms with van der Waals surface area (Å²) < 4.78 is 13.1. The van der Waals surface area contributed by atoms with Crippen molar-refractivity contribution in [1.29, 1.82) is 0 Å². The summed E-state index contributed by atoms with van der Waals surface area (Å²) >= 11 is 0. The highest BCUT2D eigenvalue weighted by atomic mass is 19.1. The number of nitrogens with zero attached hydrogens (tertiary/aromatic N) is 2. The predicted octanol–water partition coefficient (Wildman–Crippen LogP) is 3.66. The van der Waals surface area contributed by atoms with Crippen LogP contribution in [-0.2, 0) is 11.2 Å². The lowest BCUT2D eigenvalue weighted by Crippen LogP contribution is -2.48. The minimum absolute atomic E-state index is 0.110. The summed E-state index contributed by atoms with van der Waals surface area (Å²) in [5, 5.41) is 0. The summed E-state index contributed by atoms with van der Waals surface area (Å²) in [5.74, 6) is -0.568. The van der Waals surface area contributed by atoms with Crippen LogP contribution < -0.4 is 4.90 Å². The molecule has 0 N–H and O–H groups in total. The molecule has 1 unspecified atom stereocenters. The number of benzene rings is 2. The maximum absolute atomic E-state index is 13.2.